The molecule has 7 nitrogen and oxygen atoms in total. The van der Waals surface area contributed by atoms with Gasteiger partial charge >= 0.3 is 0 Å². The lowest BCUT2D eigenvalue weighted by Gasteiger charge is -2.15. The van der Waals surface area contributed by atoms with E-state index in [-0.39, 0.29) is 17.6 Å². The average molecular weight is 412 g/mol. The second kappa shape index (κ2) is 9.09. The number of benzene rings is 1. The number of amides is 2. The second-order valence-electron chi connectivity index (χ2n) is 6.76. The van der Waals surface area contributed by atoms with Gasteiger partial charge in [0, 0.05) is 30.5 Å². The quantitative estimate of drug-likeness (QED) is 0.739. The molecule has 3 rings (SSSR count). The van der Waals surface area contributed by atoms with Crippen LogP contribution in [0.5, 0.6) is 0 Å². The Morgan fingerprint density at radius 2 is 2.03 bits per heavy atom. The fraction of sp³-hybridized carbons (Fsp3) is 0.333. The van der Waals surface area contributed by atoms with Gasteiger partial charge in [-0.15, -0.1) is 0 Å². The van der Waals surface area contributed by atoms with Crippen LogP contribution in [0.2, 0.25) is 0 Å². The molecular weight excluding hydrogens is 386 g/mol. The highest BCUT2D eigenvalue weighted by Crippen LogP contribution is 2.24. The lowest BCUT2D eigenvalue weighted by molar-refractivity contribution is -0.122. The fourth-order valence-corrected chi connectivity index (χ4v) is 3.84. The maximum absolute atomic E-state index is 12.6. The molecule has 2 amide bonds. The summed E-state index contributed by atoms with van der Waals surface area (Å²) >= 11 is 1.26. The molecule has 152 valence electrons. The topological polar surface area (TPSA) is 79.6 Å². The highest BCUT2D eigenvalue weighted by Gasteiger charge is 2.29. The Morgan fingerprint density at radius 1 is 1.24 bits per heavy atom. The number of amidine groups is 1. The molecule has 0 atom stereocenters. The molecular formula is C21H25N5O2S. The Morgan fingerprint density at radius 3 is 2.69 bits per heavy atom. The van der Waals surface area contributed by atoms with Gasteiger partial charge in [-0.05, 0) is 45.4 Å². The number of aliphatic imine (C=N–C) groups is 1. The summed E-state index contributed by atoms with van der Waals surface area (Å²) < 4.78 is 1.79. The van der Waals surface area contributed by atoms with E-state index in [4.69, 9.17) is 0 Å². The molecule has 1 aliphatic rings. The van der Waals surface area contributed by atoms with E-state index in [2.05, 4.69) is 15.4 Å². The predicted molar refractivity (Wildman–Crippen MR) is 118 cm³/mol. The van der Waals surface area contributed by atoms with Crippen molar-refractivity contribution in [1.29, 1.82) is 0 Å². The number of anilines is 1. The van der Waals surface area contributed by atoms with Crippen LogP contribution in [0.15, 0.2) is 41.3 Å². The van der Waals surface area contributed by atoms with E-state index in [1.165, 1.54) is 11.8 Å². The monoisotopic (exact) mass is 411 g/mol. The van der Waals surface area contributed by atoms with Crippen molar-refractivity contribution in [3.8, 4) is 0 Å². The van der Waals surface area contributed by atoms with Crippen molar-refractivity contribution in [3.63, 3.8) is 0 Å². The molecule has 8 heteroatoms. The minimum atomic E-state index is -0.158. The van der Waals surface area contributed by atoms with Crippen LogP contribution in [0.3, 0.4) is 0 Å². The van der Waals surface area contributed by atoms with E-state index in [0.717, 1.165) is 28.9 Å². The Balaban J connectivity index is 1.68. The van der Waals surface area contributed by atoms with Crippen molar-refractivity contribution in [1.82, 2.24) is 14.7 Å². The Labute approximate surface area is 174 Å². The van der Waals surface area contributed by atoms with Gasteiger partial charge in [0.1, 0.15) is 5.70 Å². The van der Waals surface area contributed by atoms with E-state index in [0.29, 0.717) is 17.4 Å². The first-order chi connectivity index (χ1) is 13.9. The fourth-order valence-electron chi connectivity index (χ4n) is 2.97. The van der Waals surface area contributed by atoms with Crippen molar-refractivity contribution in [3.05, 3.63) is 53.0 Å². The van der Waals surface area contributed by atoms with Gasteiger partial charge < -0.3 is 5.32 Å². The highest BCUT2D eigenvalue weighted by molar-refractivity contribution is 8.14. The van der Waals surface area contributed by atoms with Gasteiger partial charge in [-0.3, -0.25) is 19.2 Å². The number of hydrogen-bond donors (Lipinski definition) is 1. The van der Waals surface area contributed by atoms with Crippen LogP contribution < -0.4 is 5.32 Å². The zero-order valence-electron chi connectivity index (χ0n) is 17.1. The van der Waals surface area contributed by atoms with E-state index in [1.807, 2.05) is 52.1 Å². The largest absolute Gasteiger partial charge is 0.325 e. The molecule has 2 heterocycles. The number of hydrogen-bond acceptors (Lipinski definition) is 5. The standard InChI is InChI=1S/C21H25N5O2S/c1-5-25-12-16(11-22-25)10-18-20(28)26(6-2)21(24-18)29-13-19(27)23-17-8-7-14(3)9-15(17)4/h7-12H,5-6,13H2,1-4H3,(H,23,27)/b18-10+. The molecule has 0 spiro atoms. The summed E-state index contributed by atoms with van der Waals surface area (Å²) in [7, 11) is 0. The van der Waals surface area contributed by atoms with Crippen LogP contribution in [0.4, 0.5) is 5.69 Å². The number of aryl methyl sites for hydroxylation is 3. The third kappa shape index (κ3) is 4.95. The first-order valence-electron chi connectivity index (χ1n) is 9.55. The second-order valence-corrected chi connectivity index (χ2v) is 7.70. The van der Waals surface area contributed by atoms with Gasteiger partial charge in [-0.1, -0.05) is 29.5 Å². The third-order valence-electron chi connectivity index (χ3n) is 4.50. The normalized spacial score (nSPS) is 15.2. The van der Waals surface area contributed by atoms with E-state index >= 15 is 0 Å². The molecule has 0 radical (unpaired) electrons. The summed E-state index contributed by atoms with van der Waals surface area (Å²) in [6.07, 6.45) is 5.31. The van der Waals surface area contributed by atoms with Gasteiger partial charge in [0.2, 0.25) is 5.91 Å². The summed E-state index contributed by atoms with van der Waals surface area (Å²) in [5.41, 5.74) is 4.15. The summed E-state index contributed by atoms with van der Waals surface area (Å²) in [6.45, 7) is 9.13. The van der Waals surface area contributed by atoms with Crippen molar-refractivity contribution in [2.24, 2.45) is 4.99 Å². The zero-order valence-corrected chi connectivity index (χ0v) is 17.9. The van der Waals surface area contributed by atoms with Crippen LogP contribution in [0.1, 0.15) is 30.5 Å². The Hall–Kier alpha value is -2.87. The van der Waals surface area contributed by atoms with E-state index in [9.17, 15) is 9.59 Å². The molecule has 0 saturated heterocycles. The number of likely N-dealkylation sites (N-methyl/N-ethyl adjacent to an activating group) is 1. The van der Waals surface area contributed by atoms with Crippen LogP contribution in [-0.4, -0.2) is 44.0 Å². The lowest BCUT2D eigenvalue weighted by Crippen LogP contribution is -2.31. The molecule has 0 saturated carbocycles. The Bertz CT molecular complexity index is 993. The van der Waals surface area contributed by atoms with Gasteiger partial charge in [0.25, 0.3) is 5.91 Å². The maximum atomic E-state index is 12.6. The molecule has 0 bridgehead atoms. The van der Waals surface area contributed by atoms with Gasteiger partial charge in [0.05, 0.1) is 11.9 Å². The van der Waals surface area contributed by atoms with Crippen molar-refractivity contribution in [2.45, 2.75) is 34.2 Å². The molecule has 0 unspecified atom stereocenters. The number of thioether (sulfide) groups is 1. The van der Waals surface area contributed by atoms with Gasteiger partial charge in [-0.2, -0.15) is 5.10 Å². The summed E-state index contributed by atoms with van der Waals surface area (Å²) in [5, 5.41) is 7.68. The molecule has 0 fully saturated rings. The van der Waals surface area contributed by atoms with Gasteiger partial charge in [0.15, 0.2) is 5.17 Å². The minimum Gasteiger partial charge on any atom is -0.325 e. The van der Waals surface area contributed by atoms with Crippen molar-refractivity contribution < 1.29 is 9.59 Å². The lowest BCUT2D eigenvalue weighted by atomic mass is 10.1. The van der Waals surface area contributed by atoms with Crippen LogP contribution >= 0.6 is 11.8 Å². The minimum absolute atomic E-state index is 0.130. The molecule has 1 N–H and O–H groups in total. The molecule has 1 aliphatic heterocycles. The van der Waals surface area contributed by atoms with Gasteiger partial charge in [-0.25, -0.2) is 4.99 Å². The smallest absolute Gasteiger partial charge is 0.278 e. The third-order valence-corrected chi connectivity index (χ3v) is 5.47. The van der Waals surface area contributed by atoms with Crippen LogP contribution in [-0.2, 0) is 16.1 Å². The van der Waals surface area contributed by atoms with E-state index in [1.54, 1.807) is 21.9 Å². The molecule has 1 aromatic heterocycles. The maximum Gasteiger partial charge on any atom is 0.278 e. The summed E-state index contributed by atoms with van der Waals surface area (Å²) in [4.78, 5) is 31.1. The average Bonchev–Trinajstić information content (AvgIpc) is 3.27. The van der Waals surface area contributed by atoms with Crippen LogP contribution in [0.25, 0.3) is 6.08 Å². The molecule has 1 aromatic carbocycles. The highest BCUT2D eigenvalue weighted by atomic mass is 32.2. The predicted octanol–water partition coefficient (Wildman–Crippen LogP) is 3.45. The molecule has 29 heavy (non-hydrogen) atoms. The number of rotatable bonds is 6. The SMILES string of the molecule is CCN1C(=O)/C(=C\c2cnn(CC)c2)N=C1SCC(=O)Nc1ccc(C)cc1C. The first-order valence-corrected chi connectivity index (χ1v) is 10.5. The first kappa shape index (κ1) is 20.9. The molecule has 2 aromatic rings. The number of carbonyl (C=O) groups excluding carboxylic acids is 2. The number of aromatic nitrogens is 2. The number of nitrogens with one attached hydrogen (secondary N) is 1. The summed E-state index contributed by atoms with van der Waals surface area (Å²) in [5.74, 6) is -0.111. The number of nitrogens with zero attached hydrogens (tertiary/aromatic N) is 4. The van der Waals surface area contributed by atoms with Crippen LogP contribution in [0, 0.1) is 13.8 Å². The van der Waals surface area contributed by atoms with E-state index < -0.39 is 0 Å². The molecule has 0 aliphatic carbocycles. The zero-order chi connectivity index (χ0) is 21.0. The number of carbonyl (C=O) groups is 2. The summed E-state index contributed by atoms with van der Waals surface area (Å²) in [6, 6.07) is 5.89. The Kier molecular flexibility index (Phi) is 6.53. The van der Waals surface area contributed by atoms with Crippen molar-refractivity contribution >= 4 is 40.5 Å². The van der Waals surface area contributed by atoms with Crippen molar-refractivity contribution in [2.75, 3.05) is 17.6 Å².